The number of unbranched alkanes of at least 4 members (excludes halogenated alkanes) is 1. The van der Waals surface area contributed by atoms with Crippen LogP contribution in [-0.2, 0) is 9.09 Å². The van der Waals surface area contributed by atoms with Crippen molar-refractivity contribution in [2.45, 2.75) is 19.8 Å². The molecule has 0 saturated heterocycles. The first-order valence-electron chi connectivity index (χ1n) is 7.17. The van der Waals surface area contributed by atoms with Gasteiger partial charge in [0.05, 0.1) is 15.2 Å². The number of para-hydroxylation sites is 2. The van der Waals surface area contributed by atoms with Crippen LogP contribution in [0.1, 0.15) is 19.8 Å². The molecular formula is C16H17ClIO4P. The number of hydrogen-bond donors (Lipinski definition) is 0. The molecule has 0 aliphatic carbocycles. The van der Waals surface area contributed by atoms with Crippen molar-refractivity contribution in [1.82, 2.24) is 0 Å². The van der Waals surface area contributed by atoms with Gasteiger partial charge in [-0.1, -0.05) is 49.2 Å². The van der Waals surface area contributed by atoms with Crippen molar-refractivity contribution in [3.8, 4) is 11.5 Å². The SMILES string of the molecule is CCCCOP(=O)(Oc1ccccc1Cl)Oc1ccccc1I. The topological polar surface area (TPSA) is 44.8 Å². The fraction of sp³-hybridized carbons (Fsp3) is 0.250. The van der Waals surface area contributed by atoms with Crippen LogP contribution < -0.4 is 9.05 Å². The summed E-state index contributed by atoms with van der Waals surface area (Å²) in [5.41, 5.74) is 0. The Morgan fingerprint density at radius 1 is 1.04 bits per heavy atom. The zero-order chi connectivity index (χ0) is 16.7. The number of hydrogen-bond acceptors (Lipinski definition) is 4. The summed E-state index contributed by atoms with van der Waals surface area (Å²) in [4.78, 5) is 0. The predicted octanol–water partition coefficient (Wildman–Crippen LogP) is 6.33. The van der Waals surface area contributed by atoms with Gasteiger partial charge in [0.1, 0.15) is 5.75 Å². The first-order valence-corrected chi connectivity index (χ1v) is 10.1. The molecule has 4 nitrogen and oxygen atoms in total. The van der Waals surface area contributed by atoms with E-state index in [0.717, 1.165) is 16.4 Å². The molecule has 0 aliphatic heterocycles. The molecule has 2 aromatic carbocycles. The second kappa shape index (κ2) is 8.92. The van der Waals surface area contributed by atoms with Crippen molar-refractivity contribution in [2.75, 3.05) is 6.61 Å². The zero-order valence-electron chi connectivity index (χ0n) is 12.6. The van der Waals surface area contributed by atoms with E-state index in [1.807, 2.05) is 19.1 Å². The van der Waals surface area contributed by atoms with Crippen LogP contribution in [0.2, 0.25) is 5.02 Å². The highest BCUT2D eigenvalue weighted by atomic mass is 127. The van der Waals surface area contributed by atoms with Gasteiger partial charge < -0.3 is 9.05 Å². The van der Waals surface area contributed by atoms with Gasteiger partial charge in [0.2, 0.25) is 0 Å². The van der Waals surface area contributed by atoms with Gasteiger partial charge in [0.25, 0.3) is 0 Å². The Hall–Kier alpha value is -0.750. The summed E-state index contributed by atoms with van der Waals surface area (Å²) in [5, 5.41) is 0.346. The first-order chi connectivity index (χ1) is 11.0. The number of rotatable bonds is 8. The van der Waals surface area contributed by atoms with Gasteiger partial charge in [-0.3, -0.25) is 4.52 Å². The normalized spacial score (nSPS) is 13.3. The Morgan fingerprint density at radius 2 is 1.65 bits per heavy atom. The van der Waals surface area contributed by atoms with E-state index in [1.165, 1.54) is 0 Å². The maximum absolute atomic E-state index is 13.0. The standard InChI is InChI=1S/C16H17ClIO4P/c1-2-3-12-20-23(19,21-15-10-6-4-8-13(15)17)22-16-11-7-5-9-14(16)18/h4-11H,2-3,12H2,1H3. The predicted molar refractivity (Wildman–Crippen MR) is 100 cm³/mol. The van der Waals surface area contributed by atoms with Gasteiger partial charge in [-0.05, 0) is 53.3 Å². The van der Waals surface area contributed by atoms with Crippen LogP contribution in [0.5, 0.6) is 11.5 Å². The van der Waals surface area contributed by atoms with Gasteiger partial charge in [0.15, 0.2) is 5.75 Å². The van der Waals surface area contributed by atoms with Crippen LogP contribution in [0.15, 0.2) is 48.5 Å². The van der Waals surface area contributed by atoms with Crippen LogP contribution in [0.4, 0.5) is 0 Å². The molecule has 0 aliphatic rings. The number of phosphoric acid groups is 1. The van der Waals surface area contributed by atoms with Crippen LogP contribution in [0.3, 0.4) is 0 Å². The molecule has 0 saturated carbocycles. The van der Waals surface area contributed by atoms with Gasteiger partial charge in [-0.2, -0.15) is 0 Å². The largest absolute Gasteiger partial charge is 0.587 e. The lowest BCUT2D eigenvalue weighted by Crippen LogP contribution is -2.07. The van der Waals surface area contributed by atoms with Crippen molar-refractivity contribution in [3.63, 3.8) is 0 Å². The molecular weight excluding hydrogens is 450 g/mol. The second-order valence-electron chi connectivity index (χ2n) is 4.68. The first kappa shape index (κ1) is 18.6. The lowest BCUT2D eigenvalue weighted by Gasteiger charge is -2.20. The summed E-state index contributed by atoms with van der Waals surface area (Å²) in [6.07, 6.45) is 1.67. The Kier molecular flexibility index (Phi) is 7.21. The third kappa shape index (κ3) is 5.68. The van der Waals surface area contributed by atoms with E-state index >= 15 is 0 Å². The summed E-state index contributed by atoms with van der Waals surface area (Å²) < 4.78 is 30.3. The maximum atomic E-state index is 13.0. The highest BCUT2D eigenvalue weighted by Crippen LogP contribution is 2.51. The number of phosphoric ester groups is 1. The molecule has 1 unspecified atom stereocenters. The minimum absolute atomic E-state index is 0.264. The molecule has 0 spiro atoms. The second-order valence-corrected chi connectivity index (χ2v) is 7.76. The van der Waals surface area contributed by atoms with Crippen molar-refractivity contribution in [3.05, 3.63) is 57.1 Å². The number of halogens is 2. The molecule has 2 aromatic rings. The fourth-order valence-electron chi connectivity index (χ4n) is 1.67. The molecule has 0 aromatic heterocycles. The van der Waals surface area contributed by atoms with Crippen LogP contribution >= 0.6 is 42.0 Å². The minimum atomic E-state index is -3.84. The Labute approximate surface area is 154 Å². The molecule has 0 heterocycles. The Bertz CT molecular complexity index is 644. The van der Waals surface area contributed by atoms with Gasteiger partial charge in [-0.25, -0.2) is 4.57 Å². The van der Waals surface area contributed by atoms with Crippen molar-refractivity contribution in [1.29, 1.82) is 0 Å². The summed E-state index contributed by atoms with van der Waals surface area (Å²) >= 11 is 8.17. The average molecular weight is 467 g/mol. The molecule has 23 heavy (non-hydrogen) atoms. The smallest absolute Gasteiger partial charge is 0.394 e. The summed E-state index contributed by atoms with van der Waals surface area (Å²) in [6, 6.07) is 14.0. The van der Waals surface area contributed by atoms with E-state index in [-0.39, 0.29) is 12.4 Å². The van der Waals surface area contributed by atoms with E-state index in [4.69, 9.17) is 25.2 Å². The summed E-state index contributed by atoms with van der Waals surface area (Å²) in [7, 11) is -3.84. The average Bonchev–Trinajstić information content (AvgIpc) is 2.52. The molecule has 0 bridgehead atoms. The van der Waals surface area contributed by atoms with Crippen LogP contribution in [0, 0.1) is 3.57 Å². The number of benzene rings is 2. The van der Waals surface area contributed by atoms with E-state index in [1.54, 1.807) is 36.4 Å². The molecule has 2 rings (SSSR count). The van der Waals surface area contributed by atoms with Crippen molar-refractivity contribution in [2.24, 2.45) is 0 Å². The van der Waals surface area contributed by atoms with Crippen molar-refractivity contribution >= 4 is 42.0 Å². The van der Waals surface area contributed by atoms with Crippen LogP contribution in [0.25, 0.3) is 0 Å². The highest BCUT2D eigenvalue weighted by molar-refractivity contribution is 14.1. The quantitative estimate of drug-likeness (QED) is 0.259. The highest BCUT2D eigenvalue weighted by Gasteiger charge is 2.32. The lowest BCUT2D eigenvalue weighted by molar-refractivity contribution is 0.206. The molecule has 0 radical (unpaired) electrons. The monoisotopic (exact) mass is 466 g/mol. The summed E-state index contributed by atoms with van der Waals surface area (Å²) in [6.45, 7) is 2.30. The third-order valence-electron chi connectivity index (χ3n) is 2.84. The van der Waals surface area contributed by atoms with Gasteiger partial charge in [0, 0.05) is 0 Å². The van der Waals surface area contributed by atoms with Gasteiger partial charge in [-0.15, -0.1) is 0 Å². The van der Waals surface area contributed by atoms with Crippen molar-refractivity contribution < 1.29 is 18.1 Å². The Balaban J connectivity index is 2.23. The van der Waals surface area contributed by atoms with E-state index in [2.05, 4.69) is 22.6 Å². The lowest BCUT2D eigenvalue weighted by atomic mass is 10.3. The molecule has 7 heteroatoms. The van der Waals surface area contributed by atoms with E-state index in [9.17, 15) is 4.57 Å². The Morgan fingerprint density at radius 3 is 2.30 bits per heavy atom. The van der Waals surface area contributed by atoms with Crippen LogP contribution in [-0.4, -0.2) is 6.61 Å². The summed E-state index contributed by atoms with van der Waals surface area (Å²) in [5.74, 6) is 0.708. The molecule has 1 atom stereocenters. The molecule has 0 fully saturated rings. The zero-order valence-corrected chi connectivity index (χ0v) is 16.4. The van der Waals surface area contributed by atoms with E-state index < -0.39 is 7.82 Å². The molecule has 124 valence electrons. The minimum Gasteiger partial charge on any atom is -0.394 e. The molecule has 0 N–H and O–H groups in total. The maximum Gasteiger partial charge on any atom is 0.587 e. The third-order valence-corrected chi connectivity index (χ3v) is 5.38. The molecule has 0 amide bonds. The van der Waals surface area contributed by atoms with E-state index in [0.29, 0.717) is 10.8 Å². The fourth-order valence-corrected chi connectivity index (χ4v) is 3.87. The van der Waals surface area contributed by atoms with Gasteiger partial charge >= 0.3 is 7.82 Å².